The monoisotopic (exact) mass is 304 g/mol. The summed E-state index contributed by atoms with van der Waals surface area (Å²) in [7, 11) is 1.98. The first-order valence-electron chi connectivity index (χ1n) is 8.08. The van der Waals surface area contributed by atoms with Crippen LogP contribution in [0, 0.1) is 5.41 Å². The molecular formula is C18H28N2O2. The van der Waals surface area contributed by atoms with E-state index in [4.69, 9.17) is 4.74 Å². The summed E-state index contributed by atoms with van der Waals surface area (Å²) in [6.45, 7) is 9.46. The highest BCUT2D eigenvalue weighted by atomic mass is 16.5. The molecule has 1 heterocycles. The van der Waals surface area contributed by atoms with E-state index in [-0.39, 0.29) is 11.3 Å². The van der Waals surface area contributed by atoms with Gasteiger partial charge in [0.2, 0.25) is 5.91 Å². The van der Waals surface area contributed by atoms with E-state index in [2.05, 4.69) is 43.1 Å². The van der Waals surface area contributed by atoms with Gasteiger partial charge in [-0.3, -0.25) is 9.69 Å². The molecule has 122 valence electrons. The van der Waals surface area contributed by atoms with E-state index in [0.29, 0.717) is 12.5 Å². The van der Waals surface area contributed by atoms with Gasteiger partial charge in [-0.05, 0) is 37.1 Å². The van der Waals surface area contributed by atoms with Gasteiger partial charge in [0.05, 0.1) is 19.8 Å². The van der Waals surface area contributed by atoms with E-state index in [1.807, 2.05) is 19.2 Å². The Morgan fingerprint density at radius 2 is 2.00 bits per heavy atom. The van der Waals surface area contributed by atoms with E-state index < -0.39 is 0 Å². The number of benzene rings is 1. The number of nitrogens with one attached hydrogen (secondary N) is 1. The number of hydrogen-bond donors (Lipinski definition) is 1. The fourth-order valence-corrected chi connectivity index (χ4v) is 2.83. The van der Waals surface area contributed by atoms with Crippen LogP contribution in [0.15, 0.2) is 24.3 Å². The van der Waals surface area contributed by atoms with Gasteiger partial charge in [-0.2, -0.15) is 0 Å². The highest BCUT2D eigenvalue weighted by molar-refractivity contribution is 5.92. The molecule has 0 radical (unpaired) electrons. The Bertz CT molecular complexity index is 494. The number of carbonyl (C=O) groups excluding carboxylic acids is 1. The van der Waals surface area contributed by atoms with Crippen LogP contribution in [0.5, 0.6) is 0 Å². The number of nitrogens with zero attached hydrogens (tertiary/aromatic N) is 1. The van der Waals surface area contributed by atoms with Gasteiger partial charge in [-0.15, -0.1) is 0 Å². The summed E-state index contributed by atoms with van der Waals surface area (Å²) in [5.41, 5.74) is 2.38. The Morgan fingerprint density at radius 1 is 1.36 bits per heavy atom. The van der Waals surface area contributed by atoms with Gasteiger partial charge in [-0.1, -0.05) is 32.9 Å². The molecule has 4 heteroatoms. The van der Waals surface area contributed by atoms with Crippen molar-refractivity contribution in [3.05, 3.63) is 29.8 Å². The second-order valence-electron chi connectivity index (χ2n) is 6.96. The minimum absolute atomic E-state index is 0.0302. The molecule has 1 N–H and O–H groups in total. The molecular weight excluding hydrogens is 276 g/mol. The predicted octanol–water partition coefficient (Wildman–Crippen LogP) is 3.11. The van der Waals surface area contributed by atoms with Crippen LogP contribution in [0.3, 0.4) is 0 Å². The van der Waals surface area contributed by atoms with Crippen molar-refractivity contribution in [2.75, 3.05) is 38.7 Å². The number of carbonyl (C=O) groups is 1. The van der Waals surface area contributed by atoms with Crippen LogP contribution in [0.25, 0.3) is 0 Å². The average molecular weight is 304 g/mol. The molecule has 0 bridgehead atoms. The maximum atomic E-state index is 12.1. The molecule has 1 aliphatic rings. The third-order valence-corrected chi connectivity index (χ3v) is 4.34. The van der Waals surface area contributed by atoms with Gasteiger partial charge in [0, 0.05) is 17.6 Å². The molecule has 1 aliphatic heterocycles. The topological polar surface area (TPSA) is 41.6 Å². The maximum Gasteiger partial charge on any atom is 0.238 e. The third-order valence-electron chi connectivity index (χ3n) is 4.34. The van der Waals surface area contributed by atoms with Crippen LogP contribution in [0.4, 0.5) is 5.69 Å². The quantitative estimate of drug-likeness (QED) is 0.841. The third kappa shape index (κ3) is 4.55. The first-order valence-corrected chi connectivity index (χ1v) is 8.08. The number of rotatable bonds is 7. The van der Waals surface area contributed by atoms with Crippen LogP contribution in [0.2, 0.25) is 0 Å². The van der Waals surface area contributed by atoms with Gasteiger partial charge in [-0.25, -0.2) is 0 Å². The van der Waals surface area contributed by atoms with Crippen molar-refractivity contribution >= 4 is 11.6 Å². The van der Waals surface area contributed by atoms with E-state index in [9.17, 15) is 4.79 Å². The van der Waals surface area contributed by atoms with Crippen LogP contribution >= 0.6 is 0 Å². The second-order valence-corrected chi connectivity index (χ2v) is 6.96. The molecule has 1 aromatic carbocycles. The summed E-state index contributed by atoms with van der Waals surface area (Å²) in [5, 5.41) is 2.97. The zero-order valence-corrected chi connectivity index (χ0v) is 14.2. The van der Waals surface area contributed by atoms with E-state index >= 15 is 0 Å². The number of likely N-dealkylation sites (N-methyl/N-ethyl adjacent to an activating group) is 1. The predicted molar refractivity (Wildman–Crippen MR) is 90.2 cm³/mol. The van der Waals surface area contributed by atoms with E-state index in [0.717, 1.165) is 31.9 Å². The molecule has 0 unspecified atom stereocenters. The van der Waals surface area contributed by atoms with Crippen LogP contribution in [0.1, 0.15) is 38.7 Å². The summed E-state index contributed by atoms with van der Waals surface area (Å²) < 4.78 is 5.25. The molecule has 0 saturated carbocycles. The first-order chi connectivity index (χ1) is 10.4. The normalized spacial score (nSPS) is 17.9. The molecule has 22 heavy (non-hydrogen) atoms. The van der Waals surface area contributed by atoms with E-state index in [1.165, 1.54) is 5.56 Å². The number of ether oxygens (including phenoxy) is 1. The minimum atomic E-state index is 0.0302. The lowest BCUT2D eigenvalue weighted by Gasteiger charge is -2.40. The van der Waals surface area contributed by atoms with Crippen molar-refractivity contribution in [3.8, 4) is 0 Å². The molecule has 2 rings (SSSR count). The average Bonchev–Trinajstić information content (AvgIpc) is 2.45. The van der Waals surface area contributed by atoms with Crippen molar-refractivity contribution in [1.82, 2.24) is 4.90 Å². The minimum Gasteiger partial charge on any atom is -0.380 e. The summed E-state index contributed by atoms with van der Waals surface area (Å²) >= 11 is 0. The zero-order valence-electron chi connectivity index (χ0n) is 14.2. The van der Waals surface area contributed by atoms with Gasteiger partial charge in [0.1, 0.15) is 0 Å². The van der Waals surface area contributed by atoms with Gasteiger partial charge < -0.3 is 10.1 Å². The van der Waals surface area contributed by atoms with Gasteiger partial charge in [0.15, 0.2) is 0 Å². The standard InChI is InChI=1S/C18H28N2O2/c1-5-14(2)15-6-8-16(9-7-15)19-17(21)10-20(4)11-18(3)12-22-13-18/h6-9,14H,5,10-13H2,1-4H3,(H,19,21)/t14-/m1/s1. The molecule has 1 atom stereocenters. The fourth-order valence-electron chi connectivity index (χ4n) is 2.83. The molecule has 0 aromatic heterocycles. The number of amides is 1. The Balaban J connectivity index is 1.81. The lowest BCUT2D eigenvalue weighted by molar-refractivity contribution is -0.124. The van der Waals surface area contributed by atoms with Gasteiger partial charge in [0.25, 0.3) is 0 Å². The Kier molecular flexibility index (Phi) is 5.59. The van der Waals surface area contributed by atoms with Crippen molar-refractivity contribution in [2.24, 2.45) is 5.41 Å². The van der Waals surface area contributed by atoms with Crippen molar-refractivity contribution in [3.63, 3.8) is 0 Å². The van der Waals surface area contributed by atoms with Crippen LogP contribution in [-0.4, -0.2) is 44.2 Å². The Hall–Kier alpha value is -1.39. The molecule has 4 nitrogen and oxygen atoms in total. The molecule has 1 fully saturated rings. The Labute approximate surface area is 133 Å². The smallest absolute Gasteiger partial charge is 0.238 e. The van der Waals surface area contributed by atoms with Crippen LogP contribution in [-0.2, 0) is 9.53 Å². The Morgan fingerprint density at radius 3 is 2.50 bits per heavy atom. The SMILES string of the molecule is CC[C@@H](C)c1ccc(NC(=O)CN(C)CC2(C)COC2)cc1. The molecule has 1 saturated heterocycles. The van der Waals surface area contributed by atoms with Crippen molar-refractivity contribution in [1.29, 1.82) is 0 Å². The maximum absolute atomic E-state index is 12.1. The second kappa shape index (κ2) is 7.25. The van der Waals surface area contributed by atoms with Crippen molar-refractivity contribution in [2.45, 2.75) is 33.1 Å². The first kappa shape index (κ1) is 17.0. The van der Waals surface area contributed by atoms with Crippen molar-refractivity contribution < 1.29 is 9.53 Å². The van der Waals surface area contributed by atoms with Crippen LogP contribution < -0.4 is 5.32 Å². The fraction of sp³-hybridized carbons (Fsp3) is 0.611. The zero-order chi connectivity index (χ0) is 16.2. The number of hydrogen-bond acceptors (Lipinski definition) is 3. The number of anilines is 1. The molecule has 0 aliphatic carbocycles. The summed E-state index contributed by atoms with van der Waals surface area (Å²) in [6.07, 6.45) is 1.12. The summed E-state index contributed by atoms with van der Waals surface area (Å²) in [4.78, 5) is 14.2. The van der Waals surface area contributed by atoms with Gasteiger partial charge >= 0.3 is 0 Å². The molecule has 0 spiro atoms. The largest absolute Gasteiger partial charge is 0.380 e. The van der Waals surface area contributed by atoms with E-state index in [1.54, 1.807) is 0 Å². The highest BCUT2D eigenvalue weighted by Gasteiger charge is 2.34. The lowest BCUT2D eigenvalue weighted by Crippen LogP contribution is -2.49. The summed E-state index contributed by atoms with van der Waals surface area (Å²) in [6, 6.07) is 8.17. The summed E-state index contributed by atoms with van der Waals surface area (Å²) in [5.74, 6) is 0.587. The lowest BCUT2D eigenvalue weighted by atomic mass is 9.88. The highest BCUT2D eigenvalue weighted by Crippen LogP contribution is 2.27. The molecule has 1 amide bonds. The molecule has 1 aromatic rings.